The van der Waals surface area contributed by atoms with E-state index in [-0.39, 0.29) is 17.8 Å². The van der Waals surface area contributed by atoms with Gasteiger partial charge in [-0.25, -0.2) is 0 Å². The van der Waals surface area contributed by atoms with Crippen LogP contribution in [0.2, 0.25) is 0 Å². The van der Waals surface area contributed by atoms with Crippen molar-refractivity contribution in [1.29, 1.82) is 0 Å². The van der Waals surface area contributed by atoms with Crippen LogP contribution in [0.15, 0.2) is 23.3 Å². The lowest BCUT2D eigenvalue weighted by atomic mass is 9.61. The van der Waals surface area contributed by atoms with E-state index in [1.807, 2.05) is 7.11 Å². The van der Waals surface area contributed by atoms with Crippen molar-refractivity contribution in [1.82, 2.24) is 4.90 Å². The van der Waals surface area contributed by atoms with Crippen LogP contribution in [0.1, 0.15) is 91.9 Å². The molecule has 0 aromatic heterocycles. The first-order chi connectivity index (χ1) is 15.6. The molecule has 4 rings (SSSR count). The molecular weight excluding hydrogens is 410 g/mol. The first-order valence-corrected chi connectivity index (χ1v) is 13.7. The van der Waals surface area contributed by atoms with Gasteiger partial charge in [-0.2, -0.15) is 0 Å². The van der Waals surface area contributed by atoms with Gasteiger partial charge in [0.2, 0.25) is 0 Å². The minimum Gasteiger partial charge on any atom is -0.393 e. The SMILES string of the molecule is COC(C)(C)[C@H]1CCCN1C[C@@H](C)[C@H]1CC[C@H]2/C(=C/C=C3C[C@@H](O)C[C@H](O)C3)CCC[C@]12C. The average Bonchev–Trinajstić information content (AvgIpc) is 3.36. The van der Waals surface area contributed by atoms with E-state index < -0.39 is 0 Å². The molecule has 0 aromatic carbocycles. The fourth-order valence-electron chi connectivity index (χ4n) is 8.21. The molecule has 188 valence electrons. The van der Waals surface area contributed by atoms with Crippen LogP contribution in [0.5, 0.6) is 0 Å². The van der Waals surface area contributed by atoms with E-state index in [4.69, 9.17) is 4.74 Å². The topological polar surface area (TPSA) is 52.9 Å². The van der Waals surface area contributed by atoms with Crippen LogP contribution in [0.3, 0.4) is 0 Å². The van der Waals surface area contributed by atoms with Crippen molar-refractivity contribution in [3.63, 3.8) is 0 Å². The molecule has 1 saturated heterocycles. The van der Waals surface area contributed by atoms with Crippen molar-refractivity contribution in [3.8, 4) is 0 Å². The number of nitrogens with zero attached hydrogens (tertiary/aromatic N) is 1. The summed E-state index contributed by atoms with van der Waals surface area (Å²) in [5.41, 5.74) is 3.16. The predicted octanol–water partition coefficient (Wildman–Crippen LogP) is 5.49. The number of hydrogen-bond donors (Lipinski definition) is 2. The molecule has 7 atom stereocenters. The molecule has 1 heterocycles. The summed E-state index contributed by atoms with van der Waals surface area (Å²) >= 11 is 0. The van der Waals surface area contributed by atoms with Gasteiger partial charge in [-0.05, 0) is 108 Å². The van der Waals surface area contributed by atoms with Gasteiger partial charge in [-0.3, -0.25) is 4.90 Å². The lowest BCUT2D eigenvalue weighted by Gasteiger charge is -2.46. The monoisotopic (exact) mass is 459 g/mol. The molecule has 0 aromatic rings. The van der Waals surface area contributed by atoms with Crippen molar-refractivity contribution in [2.24, 2.45) is 23.2 Å². The number of fused-ring (bicyclic) bond motifs is 1. The van der Waals surface area contributed by atoms with Gasteiger partial charge in [0.25, 0.3) is 0 Å². The molecule has 4 aliphatic rings. The van der Waals surface area contributed by atoms with Gasteiger partial charge in [0.05, 0.1) is 17.8 Å². The highest BCUT2D eigenvalue weighted by atomic mass is 16.5. The summed E-state index contributed by atoms with van der Waals surface area (Å²) in [5, 5.41) is 20.1. The third-order valence-corrected chi connectivity index (χ3v) is 10.0. The highest BCUT2D eigenvalue weighted by Crippen LogP contribution is 2.59. The molecular formula is C29H49NO3. The van der Waals surface area contributed by atoms with Crippen LogP contribution in [0.25, 0.3) is 0 Å². The molecule has 3 saturated carbocycles. The Morgan fingerprint density at radius 3 is 2.55 bits per heavy atom. The summed E-state index contributed by atoms with van der Waals surface area (Å²) in [6.07, 6.45) is 14.9. The van der Waals surface area contributed by atoms with E-state index >= 15 is 0 Å². The maximum absolute atomic E-state index is 10.0. The number of allylic oxidation sites excluding steroid dienone is 3. The molecule has 4 heteroatoms. The van der Waals surface area contributed by atoms with Crippen molar-refractivity contribution < 1.29 is 14.9 Å². The number of hydrogen-bond acceptors (Lipinski definition) is 4. The second-order valence-corrected chi connectivity index (χ2v) is 12.6. The molecule has 4 fully saturated rings. The largest absolute Gasteiger partial charge is 0.393 e. The van der Waals surface area contributed by atoms with Crippen LogP contribution in [0.4, 0.5) is 0 Å². The zero-order chi connectivity index (χ0) is 23.8. The third kappa shape index (κ3) is 5.29. The quantitative estimate of drug-likeness (QED) is 0.552. The van der Waals surface area contributed by atoms with E-state index in [0.717, 1.165) is 18.8 Å². The minimum atomic E-state index is -0.385. The summed E-state index contributed by atoms with van der Waals surface area (Å²) in [6.45, 7) is 12.0. The number of ether oxygens (including phenoxy) is 1. The smallest absolute Gasteiger partial charge is 0.0777 e. The molecule has 2 N–H and O–H groups in total. The third-order valence-electron chi connectivity index (χ3n) is 10.0. The average molecular weight is 460 g/mol. The Morgan fingerprint density at radius 2 is 1.85 bits per heavy atom. The Labute approximate surface area is 202 Å². The van der Waals surface area contributed by atoms with Crippen LogP contribution in [-0.2, 0) is 4.74 Å². The Bertz CT molecular complexity index is 731. The van der Waals surface area contributed by atoms with E-state index in [2.05, 4.69) is 44.7 Å². The number of likely N-dealkylation sites (tertiary alicyclic amines) is 1. The van der Waals surface area contributed by atoms with Crippen LogP contribution < -0.4 is 0 Å². The number of rotatable bonds is 6. The molecule has 0 unspecified atom stereocenters. The van der Waals surface area contributed by atoms with Gasteiger partial charge in [0.1, 0.15) is 0 Å². The maximum atomic E-state index is 10.0. The number of methoxy groups -OCH3 is 1. The van der Waals surface area contributed by atoms with E-state index in [1.165, 1.54) is 63.6 Å². The fraction of sp³-hybridized carbons (Fsp3) is 0.862. The van der Waals surface area contributed by atoms with E-state index in [1.54, 1.807) is 5.57 Å². The van der Waals surface area contributed by atoms with Crippen molar-refractivity contribution >= 4 is 0 Å². The van der Waals surface area contributed by atoms with E-state index in [0.29, 0.717) is 29.7 Å². The van der Waals surface area contributed by atoms with E-state index in [9.17, 15) is 10.2 Å². The van der Waals surface area contributed by atoms with Crippen molar-refractivity contribution in [2.75, 3.05) is 20.2 Å². The highest BCUT2D eigenvalue weighted by Gasteiger charge is 2.51. The van der Waals surface area contributed by atoms with Gasteiger partial charge >= 0.3 is 0 Å². The number of aliphatic hydroxyl groups is 2. The molecule has 4 nitrogen and oxygen atoms in total. The standard InChI is InChI=1S/C29H49NO3/c1-20(19-30-15-7-9-27(30)28(2,3)33-5)25-12-13-26-22(8-6-14-29(25,26)4)11-10-21-16-23(31)18-24(32)17-21/h10-11,20,23-27,31-32H,6-9,12-19H2,1-5H3/b22-11+/t20-,23-,24-,25-,26+,27-,29-/m1/s1. The van der Waals surface area contributed by atoms with Gasteiger partial charge in [0.15, 0.2) is 0 Å². The summed E-state index contributed by atoms with van der Waals surface area (Å²) in [4.78, 5) is 2.73. The lowest BCUT2D eigenvalue weighted by Crippen LogP contribution is -2.49. The second-order valence-electron chi connectivity index (χ2n) is 12.6. The molecule has 0 radical (unpaired) electrons. The predicted molar refractivity (Wildman–Crippen MR) is 135 cm³/mol. The molecule has 0 bridgehead atoms. The van der Waals surface area contributed by atoms with Gasteiger partial charge < -0.3 is 14.9 Å². The first-order valence-electron chi connectivity index (χ1n) is 13.7. The molecule has 0 amide bonds. The summed E-state index contributed by atoms with van der Waals surface area (Å²) in [6, 6.07) is 0.532. The zero-order valence-electron chi connectivity index (χ0n) is 21.9. The Kier molecular flexibility index (Phi) is 7.80. The summed E-state index contributed by atoms with van der Waals surface area (Å²) in [5.74, 6) is 2.18. The van der Waals surface area contributed by atoms with Crippen molar-refractivity contribution in [3.05, 3.63) is 23.3 Å². The summed E-state index contributed by atoms with van der Waals surface area (Å²) in [7, 11) is 1.86. The molecule has 3 aliphatic carbocycles. The van der Waals surface area contributed by atoms with Crippen LogP contribution >= 0.6 is 0 Å². The first kappa shape index (κ1) is 25.4. The normalized spacial score (nSPS) is 40.3. The van der Waals surface area contributed by atoms with Crippen LogP contribution in [-0.4, -0.2) is 59.2 Å². The van der Waals surface area contributed by atoms with Gasteiger partial charge in [-0.15, -0.1) is 0 Å². The number of aliphatic hydroxyl groups excluding tert-OH is 2. The van der Waals surface area contributed by atoms with Crippen LogP contribution in [0, 0.1) is 23.2 Å². The highest BCUT2D eigenvalue weighted by molar-refractivity contribution is 5.26. The summed E-state index contributed by atoms with van der Waals surface area (Å²) < 4.78 is 5.88. The van der Waals surface area contributed by atoms with Crippen molar-refractivity contribution in [2.45, 2.75) is 116 Å². The zero-order valence-corrected chi connectivity index (χ0v) is 21.9. The Balaban J connectivity index is 1.45. The molecule has 0 spiro atoms. The minimum absolute atomic E-state index is 0.0765. The fourth-order valence-corrected chi connectivity index (χ4v) is 8.21. The molecule has 33 heavy (non-hydrogen) atoms. The second kappa shape index (κ2) is 10.1. The van der Waals surface area contributed by atoms with Gasteiger partial charge in [-0.1, -0.05) is 37.1 Å². The Hall–Kier alpha value is -0.680. The molecule has 1 aliphatic heterocycles. The Morgan fingerprint density at radius 1 is 1.12 bits per heavy atom. The van der Waals surface area contributed by atoms with Gasteiger partial charge in [0, 0.05) is 19.7 Å². The lowest BCUT2D eigenvalue weighted by molar-refractivity contribution is -0.0469. The maximum Gasteiger partial charge on any atom is 0.0777 e.